The Balaban J connectivity index is 0. The molecule has 0 aromatic rings. The summed E-state index contributed by atoms with van der Waals surface area (Å²) >= 11 is 1.75. The molecule has 0 bridgehead atoms. The number of nitrogens with zero attached hydrogens (tertiary/aromatic N) is 1. The van der Waals surface area contributed by atoms with E-state index in [0.29, 0.717) is 13.1 Å². The van der Waals surface area contributed by atoms with Gasteiger partial charge in [-0.15, -0.1) is 0 Å². The van der Waals surface area contributed by atoms with Crippen molar-refractivity contribution in [1.82, 2.24) is 4.90 Å². The predicted molar refractivity (Wildman–Crippen MR) is 91.7 cm³/mol. The van der Waals surface area contributed by atoms with Crippen molar-refractivity contribution >= 4 is 17.9 Å². The normalized spacial score (nSPS) is 10.4. The Morgan fingerprint density at radius 2 is 1.75 bits per heavy atom. The van der Waals surface area contributed by atoms with E-state index >= 15 is 0 Å². The summed E-state index contributed by atoms with van der Waals surface area (Å²) in [7, 11) is 0. The lowest BCUT2D eigenvalue weighted by atomic mass is 10.1. The molecule has 0 atom stereocenters. The second kappa shape index (κ2) is 14.5. The molecule has 4 heteroatoms. The molecular weight excluding hydrogens is 270 g/mol. The molecule has 20 heavy (non-hydrogen) atoms. The zero-order valence-corrected chi connectivity index (χ0v) is 14.7. The van der Waals surface area contributed by atoms with Gasteiger partial charge in [0.15, 0.2) is 0 Å². The highest BCUT2D eigenvalue weighted by Crippen LogP contribution is 2.07. The first-order chi connectivity index (χ1) is 9.38. The average molecular weight is 301 g/mol. The van der Waals surface area contributed by atoms with Gasteiger partial charge in [0.25, 0.3) is 0 Å². The molecule has 3 nitrogen and oxygen atoms in total. The van der Waals surface area contributed by atoms with Crippen molar-refractivity contribution in [3.05, 3.63) is 23.3 Å². The number of rotatable bonds is 7. The van der Waals surface area contributed by atoms with Crippen molar-refractivity contribution in [2.24, 2.45) is 0 Å². The van der Waals surface area contributed by atoms with Gasteiger partial charge in [0.1, 0.15) is 0 Å². The van der Waals surface area contributed by atoms with E-state index in [0.717, 1.165) is 19.3 Å². The highest BCUT2D eigenvalue weighted by Gasteiger charge is 2.07. The largest absolute Gasteiger partial charge is 0.465 e. The average Bonchev–Trinajstić information content (AvgIpc) is 2.34. The Labute approximate surface area is 129 Å². The number of carbonyl (C=O) groups is 1. The molecule has 0 aromatic heterocycles. The zero-order chi connectivity index (χ0) is 16.0. The molecule has 0 unspecified atom stereocenters. The molecule has 0 rings (SSSR count). The molecule has 0 aromatic carbocycles. The molecule has 0 saturated heterocycles. The van der Waals surface area contributed by atoms with Crippen molar-refractivity contribution in [1.29, 1.82) is 0 Å². The maximum atomic E-state index is 10.9. The summed E-state index contributed by atoms with van der Waals surface area (Å²) in [4.78, 5) is 12.3. The Kier molecular flexibility index (Phi) is 15.5. The third-order valence-electron chi connectivity index (χ3n) is 2.52. The second-order valence-corrected chi connectivity index (χ2v) is 5.82. The van der Waals surface area contributed by atoms with Crippen LogP contribution >= 0.6 is 11.8 Å². The van der Waals surface area contributed by atoms with E-state index in [1.165, 1.54) is 16.0 Å². The van der Waals surface area contributed by atoms with Crippen molar-refractivity contribution in [2.75, 3.05) is 25.6 Å². The molecular formula is C16H31NO2S. The lowest BCUT2D eigenvalue weighted by Gasteiger charge is -2.16. The Morgan fingerprint density at radius 3 is 2.15 bits per heavy atom. The standard InChI is InChI=1S/C14H25NO2.C2H6S/c1-5-10-15(14(16)17)11-9-13(4)8-6-7-12(2)3;1-3-2/h7,9H,5-6,8,10-11H2,1-4H3,(H,16,17);1-2H3/b13-9+;. The van der Waals surface area contributed by atoms with Gasteiger partial charge >= 0.3 is 6.09 Å². The maximum absolute atomic E-state index is 10.9. The molecule has 0 fully saturated rings. The van der Waals surface area contributed by atoms with Gasteiger partial charge in [0.2, 0.25) is 0 Å². The van der Waals surface area contributed by atoms with Gasteiger partial charge in [0.05, 0.1) is 0 Å². The van der Waals surface area contributed by atoms with Crippen molar-refractivity contribution in [3.63, 3.8) is 0 Å². The Hall–Kier alpha value is -0.900. The molecule has 0 aliphatic heterocycles. The number of thioether (sulfide) groups is 1. The van der Waals surface area contributed by atoms with Crippen molar-refractivity contribution in [2.45, 2.75) is 47.0 Å². The van der Waals surface area contributed by atoms with E-state index in [-0.39, 0.29) is 0 Å². The smallest absolute Gasteiger partial charge is 0.407 e. The number of hydrogen-bond acceptors (Lipinski definition) is 2. The fourth-order valence-corrected chi connectivity index (χ4v) is 1.49. The number of allylic oxidation sites excluding steroid dienone is 3. The van der Waals surface area contributed by atoms with Crippen molar-refractivity contribution < 1.29 is 9.90 Å². The third kappa shape index (κ3) is 15.2. The quantitative estimate of drug-likeness (QED) is 0.669. The molecule has 0 aliphatic carbocycles. The molecule has 1 amide bonds. The van der Waals surface area contributed by atoms with E-state index in [1.807, 2.05) is 25.5 Å². The summed E-state index contributed by atoms with van der Waals surface area (Å²) in [5.41, 5.74) is 2.58. The van der Waals surface area contributed by atoms with Crippen LogP contribution in [0, 0.1) is 0 Å². The molecule has 0 radical (unpaired) electrons. The molecule has 0 spiro atoms. The van der Waals surface area contributed by atoms with Crippen LogP contribution in [0.3, 0.4) is 0 Å². The molecule has 1 N–H and O–H groups in total. The van der Waals surface area contributed by atoms with Crippen LogP contribution in [0.15, 0.2) is 23.3 Å². The van der Waals surface area contributed by atoms with Gasteiger partial charge in [0, 0.05) is 13.1 Å². The van der Waals surface area contributed by atoms with E-state index < -0.39 is 6.09 Å². The summed E-state index contributed by atoms with van der Waals surface area (Å²) in [5.74, 6) is 0. The van der Waals surface area contributed by atoms with Crippen LogP contribution in [0.1, 0.15) is 47.0 Å². The van der Waals surface area contributed by atoms with Gasteiger partial charge < -0.3 is 10.0 Å². The fourth-order valence-electron chi connectivity index (χ4n) is 1.49. The molecule has 0 heterocycles. The maximum Gasteiger partial charge on any atom is 0.407 e. The fraction of sp³-hybridized carbons (Fsp3) is 0.688. The Morgan fingerprint density at radius 1 is 1.20 bits per heavy atom. The predicted octanol–water partition coefficient (Wildman–Crippen LogP) is 5.05. The second-order valence-electron chi connectivity index (χ2n) is 5.01. The minimum atomic E-state index is -0.833. The summed E-state index contributed by atoms with van der Waals surface area (Å²) in [6.07, 6.45) is 10.4. The van der Waals surface area contributed by atoms with E-state index in [9.17, 15) is 4.79 Å². The van der Waals surface area contributed by atoms with Crippen molar-refractivity contribution in [3.8, 4) is 0 Å². The third-order valence-corrected chi connectivity index (χ3v) is 2.52. The first-order valence-electron chi connectivity index (χ1n) is 7.05. The summed E-state index contributed by atoms with van der Waals surface area (Å²) in [6, 6.07) is 0. The minimum Gasteiger partial charge on any atom is -0.465 e. The topological polar surface area (TPSA) is 40.5 Å². The highest BCUT2D eigenvalue weighted by atomic mass is 32.2. The van der Waals surface area contributed by atoms with Crippen LogP contribution in [0.5, 0.6) is 0 Å². The molecule has 0 aliphatic rings. The van der Waals surface area contributed by atoms with Crippen LogP contribution in [0.2, 0.25) is 0 Å². The minimum absolute atomic E-state index is 0.504. The van der Waals surface area contributed by atoms with Gasteiger partial charge in [-0.25, -0.2) is 4.79 Å². The first-order valence-corrected chi connectivity index (χ1v) is 8.69. The Bertz CT molecular complexity index is 308. The van der Waals surface area contributed by atoms with E-state index in [2.05, 4.69) is 26.8 Å². The summed E-state index contributed by atoms with van der Waals surface area (Å²) in [6.45, 7) is 9.34. The molecule has 118 valence electrons. The number of amides is 1. The zero-order valence-electron chi connectivity index (χ0n) is 13.9. The number of carboxylic acid groups (broad SMARTS) is 1. The van der Waals surface area contributed by atoms with E-state index in [4.69, 9.17) is 5.11 Å². The summed E-state index contributed by atoms with van der Waals surface area (Å²) in [5, 5.41) is 8.95. The van der Waals surface area contributed by atoms with Gasteiger partial charge in [-0.2, -0.15) is 11.8 Å². The van der Waals surface area contributed by atoms with E-state index in [1.54, 1.807) is 11.8 Å². The monoisotopic (exact) mass is 301 g/mol. The van der Waals surface area contributed by atoms with Crippen LogP contribution in [0.4, 0.5) is 4.79 Å². The van der Waals surface area contributed by atoms with Gasteiger partial charge in [-0.1, -0.05) is 30.2 Å². The SMILES string of the molecule is CCCN(C/C=C(\C)CCC=C(C)C)C(=O)O.CSC. The van der Waals surface area contributed by atoms with Crippen LogP contribution < -0.4 is 0 Å². The lowest BCUT2D eigenvalue weighted by Crippen LogP contribution is -2.30. The van der Waals surface area contributed by atoms with Gasteiger partial charge in [-0.05, 0) is 52.5 Å². The van der Waals surface area contributed by atoms with Crippen LogP contribution in [-0.2, 0) is 0 Å². The first kappa shape index (κ1) is 21.4. The molecule has 0 saturated carbocycles. The van der Waals surface area contributed by atoms with Crippen LogP contribution in [-0.4, -0.2) is 41.7 Å². The lowest BCUT2D eigenvalue weighted by molar-refractivity contribution is 0.150. The number of hydrogen-bond donors (Lipinski definition) is 1. The highest BCUT2D eigenvalue weighted by molar-refractivity contribution is 7.97. The van der Waals surface area contributed by atoms with Crippen LogP contribution in [0.25, 0.3) is 0 Å². The summed E-state index contributed by atoms with van der Waals surface area (Å²) < 4.78 is 0. The van der Waals surface area contributed by atoms with Gasteiger partial charge in [-0.3, -0.25) is 0 Å².